The highest BCUT2D eigenvalue weighted by atomic mass is 16.4. The van der Waals surface area contributed by atoms with E-state index >= 15 is 0 Å². The van der Waals surface area contributed by atoms with Crippen molar-refractivity contribution in [3.8, 4) is 0 Å². The van der Waals surface area contributed by atoms with Crippen molar-refractivity contribution in [2.75, 3.05) is 29.4 Å². The van der Waals surface area contributed by atoms with Crippen molar-refractivity contribution < 1.29 is 9.90 Å². The minimum absolute atomic E-state index is 0.460. The van der Waals surface area contributed by atoms with Crippen LogP contribution in [0.4, 0.5) is 11.6 Å². The molecule has 0 amide bonds. The molecule has 1 atom stereocenters. The van der Waals surface area contributed by atoms with Gasteiger partial charge in [0.2, 0.25) is 0 Å². The van der Waals surface area contributed by atoms with Gasteiger partial charge in [0.25, 0.3) is 0 Å². The first-order valence-corrected chi connectivity index (χ1v) is 8.21. The summed E-state index contributed by atoms with van der Waals surface area (Å²) < 4.78 is 0. The second kappa shape index (κ2) is 6.50. The van der Waals surface area contributed by atoms with Crippen molar-refractivity contribution in [2.24, 2.45) is 5.92 Å². The van der Waals surface area contributed by atoms with Gasteiger partial charge in [-0.25, -0.2) is 14.8 Å². The minimum Gasteiger partial charge on any atom is -0.480 e. The molecule has 2 saturated heterocycles. The summed E-state index contributed by atoms with van der Waals surface area (Å²) in [6.45, 7) is 5.07. The summed E-state index contributed by atoms with van der Waals surface area (Å²) in [7, 11) is 0. The Morgan fingerprint density at radius 2 is 1.86 bits per heavy atom. The van der Waals surface area contributed by atoms with Crippen LogP contribution in [-0.4, -0.2) is 46.7 Å². The highest BCUT2D eigenvalue weighted by Crippen LogP contribution is 2.27. The third kappa shape index (κ3) is 3.15. The largest absolute Gasteiger partial charge is 0.480 e. The first kappa shape index (κ1) is 15.1. The number of carboxylic acid groups (broad SMARTS) is 1. The molecular formula is C16H24N4O2. The number of aliphatic carboxylic acids is 1. The van der Waals surface area contributed by atoms with E-state index in [4.69, 9.17) is 0 Å². The van der Waals surface area contributed by atoms with E-state index in [2.05, 4.69) is 21.8 Å². The Morgan fingerprint density at radius 3 is 2.59 bits per heavy atom. The quantitative estimate of drug-likeness (QED) is 0.923. The Kier molecular flexibility index (Phi) is 4.45. The van der Waals surface area contributed by atoms with Gasteiger partial charge in [-0.3, -0.25) is 0 Å². The van der Waals surface area contributed by atoms with Crippen molar-refractivity contribution in [2.45, 2.75) is 45.1 Å². The molecule has 22 heavy (non-hydrogen) atoms. The van der Waals surface area contributed by atoms with Gasteiger partial charge in [0.15, 0.2) is 0 Å². The molecule has 1 aromatic heterocycles. The zero-order valence-corrected chi connectivity index (χ0v) is 13.1. The topological polar surface area (TPSA) is 69.6 Å². The number of hydrogen-bond donors (Lipinski definition) is 1. The predicted molar refractivity (Wildman–Crippen MR) is 85.3 cm³/mol. The maximum absolute atomic E-state index is 11.5. The molecule has 2 aliphatic rings. The van der Waals surface area contributed by atoms with Crippen molar-refractivity contribution in [1.82, 2.24) is 9.97 Å². The maximum Gasteiger partial charge on any atom is 0.326 e. The molecular weight excluding hydrogens is 280 g/mol. The molecule has 0 saturated carbocycles. The SMILES string of the molecule is CC1CCN(c2cc(N3CCCCC3C(=O)O)ncn2)CC1. The number of aromatic nitrogens is 2. The molecule has 0 spiro atoms. The molecule has 3 heterocycles. The number of hydrogen-bond acceptors (Lipinski definition) is 5. The van der Waals surface area contributed by atoms with Crippen LogP contribution in [0.2, 0.25) is 0 Å². The van der Waals surface area contributed by atoms with E-state index in [-0.39, 0.29) is 0 Å². The van der Waals surface area contributed by atoms with E-state index in [1.807, 2.05) is 11.0 Å². The Hall–Kier alpha value is -1.85. The number of carbonyl (C=O) groups is 1. The summed E-state index contributed by atoms with van der Waals surface area (Å²) in [6, 6.07) is 1.50. The van der Waals surface area contributed by atoms with Crippen LogP contribution < -0.4 is 9.80 Å². The fraction of sp³-hybridized carbons (Fsp3) is 0.688. The summed E-state index contributed by atoms with van der Waals surface area (Å²) in [5, 5.41) is 9.42. The fourth-order valence-electron chi connectivity index (χ4n) is 3.37. The minimum atomic E-state index is -0.758. The molecule has 2 aliphatic heterocycles. The lowest BCUT2D eigenvalue weighted by atomic mass is 9.99. The highest BCUT2D eigenvalue weighted by molar-refractivity contribution is 5.78. The number of piperidine rings is 2. The molecule has 6 heteroatoms. The monoisotopic (exact) mass is 304 g/mol. The highest BCUT2D eigenvalue weighted by Gasteiger charge is 2.30. The number of carboxylic acids is 1. The second-order valence-corrected chi connectivity index (χ2v) is 6.45. The van der Waals surface area contributed by atoms with Crippen LogP contribution >= 0.6 is 0 Å². The summed E-state index contributed by atoms with van der Waals surface area (Å²) in [5.41, 5.74) is 0. The second-order valence-electron chi connectivity index (χ2n) is 6.45. The maximum atomic E-state index is 11.5. The molecule has 1 N–H and O–H groups in total. The first-order chi connectivity index (χ1) is 10.6. The Bertz CT molecular complexity index is 529. The van der Waals surface area contributed by atoms with Gasteiger partial charge >= 0.3 is 5.97 Å². The normalized spacial score (nSPS) is 23.6. The third-order valence-corrected chi connectivity index (χ3v) is 4.83. The van der Waals surface area contributed by atoms with Gasteiger partial charge < -0.3 is 14.9 Å². The van der Waals surface area contributed by atoms with E-state index in [0.717, 1.165) is 50.0 Å². The van der Waals surface area contributed by atoms with E-state index in [9.17, 15) is 9.90 Å². The van der Waals surface area contributed by atoms with Crippen molar-refractivity contribution in [3.63, 3.8) is 0 Å². The molecule has 120 valence electrons. The van der Waals surface area contributed by atoms with Gasteiger partial charge in [-0.2, -0.15) is 0 Å². The molecule has 1 aromatic rings. The molecule has 2 fully saturated rings. The lowest BCUT2D eigenvalue weighted by Gasteiger charge is -2.35. The van der Waals surface area contributed by atoms with E-state index in [1.165, 1.54) is 12.8 Å². The average Bonchev–Trinajstić information content (AvgIpc) is 2.55. The average molecular weight is 304 g/mol. The molecule has 1 unspecified atom stereocenters. The van der Waals surface area contributed by atoms with Gasteiger partial charge in [-0.15, -0.1) is 0 Å². The summed E-state index contributed by atoms with van der Waals surface area (Å²) in [6.07, 6.45) is 6.60. The Labute approximate surface area is 131 Å². The van der Waals surface area contributed by atoms with Crippen LogP contribution in [0.5, 0.6) is 0 Å². The summed E-state index contributed by atoms with van der Waals surface area (Å²) >= 11 is 0. The fourth-order valence-corrected chi connectivity index (χ4v) is 3.37. The van der Waals surface area contributed by atoms with Crippen LogP contribution in [0.1, 0.15) is 39.0 Å². The van der Waals surface area contributed by atoms with Crippen LogP contribution in [0.15, 0.2) is 12.4 Å². The van der Waals surface area contributed by atoms with Crippen LogP contribution in [0.3, 0.4) is 0 Å². The first-order valence-electron chi connectivity index (χ1n) is 8.21. The lowest BCUT2D eigenvalue weighted by Crippen LogP contribution is -2.45. The van der Waals surface area contributed by atoms with Gasteiger partial charge in [0.1, 0.15) is 24.0 Å². The number of rotatable bonds is 3. The van der Waals surface area contributed by atoms with Crippen LogP contribution in [-0.2, 0) is 4.79 Å². The molecule has 0 bridgehead atoms. The summed E-state index contributed by atoms with van der Waals surface area (Å²) in [4.78, 5) is 24.4. The van der Waals surface area contributed by atoms with E-state index in [0.29, 0.717) is 6.42 Å². The van der Waals surface area contributed by atoms with Crippen molar-refractivity contribution in [3.05, 3.63) is 12.4 Å². The molecule has 6 nitrogen and oxygen atoms in total. The molecule has 0 radical (unpaired) electrons. The van der Waals surface area contributed by atoms with E-state index < -0.39 is 12.0 Å². The van der Waals surface area contributed by atoms with Gasteiger partial charge in [0, 0.05) is 25.7 Å². The van der Waals surface area contributed by atoms with Crippen LogP contribution in [0, 0.1) is 5.92 Å². The van der Waals surface area contributed by atoms with Crippen molar-refractivity contribution >= 4 is 17.6 Å². The Balaban J connectivity index is 1.79. The predicted octanol–water partition coefficient (Wildman–Crippen LogP) is 2.16. The smallest absolute Gasteiger partial charge is 0.326 e. The number of nitrogens with zero attached hydrogens (tertiary/aromatic N) is 4. The molecule has 0 aromatic carbocycles. The van der Waals surface area contributed by atoms with Crippen molar-refractivity contribution in [1.29, 1.82) is 0 Å². The third-order valence-electron chi connectivity index (χ3n) is 4.83. The lowest BCUT2D eigenvalue weighted by molar-refractivity contribution is -0.139. The van der Waals surface area contributed by atoms with Gasteiger partial charge in [0.05, 0.1) is 0 Å². The summed E-state index contributed by atoms with van der Waals surface area (Å²) in [5.74, 6) is 1.69. The Morgan fingerprint density at radius 1 is 1.14 bits per heavy atom. The number of anilines is 2. The standard InChI is InChI=1S/C16H24N4O2/c1-12-5-8-19(9-6-12)14-10-15(18-11-17-14)20-7-3-2-4-13(20)16(21)22/h10-13H,2-9H2,1H3,(H,21,22). The molecule has 0 aliphatic carbocycles. The zero-order chi connectivity index (χ0) is 15.5. The van der Waals surface area contributed by atoms with E-state index in [1.54, 1.807) is 6.33 Å². The molecule has 3 rings (SSSR count). The van der Waals surface area contributed by atoms with Gasteiger partial charge in [-0.1, -0.05) is 6.92 Å². The zero-order valence-electron chi connectivity index (χ0n) is 13.1. The van der Waals surface area contributed by atoms with Crippen LogP contribution in [0.25, 0.3) is 0 Å². The van der Waals surface area contributed by atoms with Gasteiger partial charge in [-0.05, 0) is 38.0 Å².